The number of ether oxygens (including phenoxy) is 1. The SMILES string of the molecule is COCc1nc(C)cc(N2CCN(CC(O)C3CC3)CC2)n1. The molecule has 3 rings (SSSR count). The van der Waals surface area contributed by atoms with E-state index in [0.29, 0.717) is 12.5 Å². The number of anilines is 1. The number of β-amino-alcohol motifs (C(OH)–C–C–N with tert-alkyl or cyclic N) is 1. The second-order valence-electron chi connectivity index (χ2n) is 6.41. The summed E-state index contributed by atoms with van der Waals surface area (Å²) in [5, 5.41) is 10.1. The Bertz CT molecular complexity index is 499. The lowest BCUT2D eigenvalue weighted by Gasteiger charge is -2.36. The van der Waals surface area contributed by atoms with Crippen molar-refractivity contribution in [2.24, 2.45) is 5.92 Å². The molecule has 0 amide bonds. The fourth-order valence-corrected chi connectivity index (χ4v) is 3.02. The standard InChI is InChI=1S/C16H26N4O2/c1-12-9-16(18-15(17-12)11-22-2)20-7-5-19(6-8-20)10-14(21)13-3-4-13/h9,13-14,21H,3-8,10-11H2,1-2H3. The first-order chi connectivity index (χ1) is 10.7. The van der Waals surface area contributed by atoms with Crippen LogP contribution in [0.4, 0.5) is 5.82 Å². The first-order valence-electron chi connectivity index (χ1n) is 8.14. The number of hydrogen-bond acceptors (Lipinski definition) is 6. The highest BCUT2D eigenvalue weighted by molar-refractivity contribution is 5.40. The van der Waals surface area contributed by atoms with Crippen LogP contribution in [0.1, 0.15) is 24.4 Å². The molecule has 2 heterocycles. The van der Waals surface area contributed by atoms with Gasteiger partial charge < -0.3 is 14.7 Å². The lowest BCUT2D eigenvalue weighted by Crippen LogP contribution is -2.49. The van der Waals surface area contributed by atoms with Gasteiger partial charge in [0.15, 0.2) is 5.82 Å². The van der Waals surface area contributed by atoms with Gasteiger partial charge in [0, 0.05) is 51.6 Å². The van der Waals surface area contributed by atoms with Gasteiger partial charge in [-0.2, -0.15) is 0 Å². The Morgan fingerprint density at radius 2 is 2.00 bits per heavy atom. The topological polar surface area (TPSA) is 61.7 Å². The van der Waals surface area contributed by atoms with E-state index < -0.39 is 0 Å². The van der Waals surface area contributed by atoms with Gasteiger partial charge >= 0.3 is 0 Å². The first kappa shape index (κ1) is 15.6. The van der Waals surface area contributed by atoms with Crippen molar-refractivity contribution in [1.29, 1.82) is 0 Å². The van der Waals surface area contributed by atoms with Gasteiger partial charge in [0.1, 0.15) is 12.4 Å². The minimum atomic E-state index is -0.138. The number of aliphatic hydroxyl groups excluding tert-OH is 1. The van der Waals surface area contributed by atoms with Crippen molar-refractivity contribution < 1.29 is 9.84 Å². The van der Waals surface area contributed by atoms with Crippen molar-refractivity contribution in [3.63, 3.8) is 0 Å². The normalized spacial score (nSPS) is 21.1. The molecule has 1 atom stereocenters. The molecule has 1 saturated heterocycles. The molecular formula is C16H26N4O2. The van der Waals surface area contributed by atoms with Gasteiger partial charge in [-0.15, -0.1) is 0 Å². The van der Waals surface area contributed by atoms with E-state index in [9.17, 15) is 5.11 Å². The number of hydrogen-bond donors (Lipinski definition) is 1. The highest BCUT2D eigenvalue weighted by Crippen LogP contribution is 2.33. The van der Waals surface area contributed by atoms with Crippen LogP contribution in [0.15, 0.2) is 6.07 Å². The highest BCUT2D eigenvalue weighted by atomic mass is 16.5. The number of aryl methyl sites for hydroxylation is 1. The van der Waals surface area contributed by atoms with E-state index in [-0.39, 0.29) is 6.10 Å². The first-order valence-corrected chi connectivity index (χ1v) is 8.14. The largest absolute Gasteiger partial charge is 0.392 e. The molecule has 1 aromatic rings. The molecule has 1 aliphatic heterocycles. The van der Waals surface area contributed by atoms with Crippen LogP contribution >= 0.6 is 0 Å². The molecule has 6 nitrogen and oxygen atoms in total. The van der Waals surface area contributed by atoms with Gasteiger partial charge in [0.2, 0.25) is 0 Å². The Kier molecular flexibility index (Phi) is 4.90. The maximum atomic E-state index is 10.1. The summed E-state index contributed by atoms with van der Waals surface area (Å²) in [4.78, 5) is 13.7. The number of nitrogens with zero attached hydrogens (tertiary/aromatic N) is 4. The lowest BCUT2D eigenvalue weighted by molar-refractivity contribution is 0.0921. The third-order valence-electron chi connectivity index (χ3n) is 4.47. The summed E-state index contributed by atoms with van der Waals surface area (Å²) in [6.07, 6.45) is 2.26. The molecule has 0 bridgehead atoms. The quantitative estimate of drug-likeness (QED) is 0.840. The Labute approximate surface area is 132 Å². The molecule has 1 saturated carbocycles. The summed E-state index contributed by atoms with van der Waals surface area (Å²) in [7, 11) is 1.66. The van der Waals surface area contributed by atoms with E-state index in [1.54, 1.807) is 7.11 Å². The van der Waals surface area contributed by atoms with Gasteiger partial charge in [0.05, 0.1) is 6.10 Å². The molecule has 2 fully saturated rings. The van der Waals surface area contributed by atoms with Crippen molar-refractivity contribution in [2.45, 2.75) is 32.5 Å². The van der Waals surface area contributed by atoms with Gasteiger partial charge in [-0.25, -0.2) is 9.97 Å². The van der Waals surface area contributed by atoms with Crippen molar-refractivity contribution in [3.05, 3.63) is 17.6 Å². The summed E-state index contributed by atoms with van der Waals surface area (Å²) in [5.74, 6) is 2.28. The van der Waals surface area contributed by atoms with E-state index in [1.807, 2.05) is 13.0 Å². The molecule has 1 unspecified atom stereocenters. The zero-order valence-electron chi connectivity index (χ0n) is 13.5. The third kappa shape index (κ3) is 3.94. The van der Waals surface area contributed by atoms with Crippen LogP contribution in [0.5, 0.6) is 0 Å². The fourth-order valence-electron chi connectivity index (χ4n) is 3.02. The smallest absolute Gasteiger partial charge is 0.156 e. The minimum Gasteiger partial charge on any atom is -0.392 e. The second kappa shape index (κ2) is 6.89. The summed E-state index contributed by atoms with van der Waals surface area (Å²) in [5.41, 5.74) is 0.976. The van der Waals surface area contributed by atoms with Crippen LogP contribution < -0.4 is 4.90 Å². The van der Waals surface area contributed by atoms with Crippen LogP contribution in [0.25, 0.3) is 0 Å². The molecule has 1 aliphatic carbocycles. The molecule has 2 aliphatic rings. The Hall–Kier alpha value is -1.24. The molecule has 22 heavy (non-hydrogen) atoms. The summed E-state index contributed by atoms with van der Waals surface area (Å²) < 4.78 is 5.13. The predicted molar refractivity (Wildman–Crippen MR) is 84.9 cm³/mol. The summed E-state index contributed by atoms with van der Waals surface area (Å²) in [6, 6.07) is 2.04. The third-order valence-corrected chi connectivity index (χ3v) is 4.47. The Morgan fingerprint density at radius 3 is 2.64 bits per heavy atom. The maximum Gasteiger partial charge on any atom is 0.156 e. The zero-order valence-corrected chi connectivity index (χ0v) is 13.5. The summed E-state index contributed by atoms with van der Waals surface area (Å²) >= 11 is 0. The van der Waals surface area contributed by atoms with E-state index in [1.165, 1.54) is 12.8 Å². The predicted octanol–water partition coefficient (Wildman–Crippen LogP) is 0.824. The van der Waals surface area contributed by atoms with Crippen molar-refractivity contribution in [2.75, 3.05) is 44.7 Å². The Morgan fingerprint density at radius 1 is 1.27 bits per heavy atom. The zero-order chi connectivity index (χ0) is 15.5. The summed E-state index contributed by atoms with van der Waals surface area (Å²) in [6.45, 7) is 7.10. The van der Waals surface area contributed by atoms with Crippen LogP contribution in [-0.4, -0.2) is 65.9 Å². The molecule has 1 aromatic heterocycles. The number of rotatable bonds is 6. The second-order valence-corrected chi connectivity index (χ2v) is 6.41. The Balaban J connectivity index is 1.56. The van der Waals surface area contributed by atoms with Crippen LogP contribution in [0.2, 0.25) is 0 Å². The van der Waals surface area contributed by atoms with Crippen molar-refractivity contribution in [1.82, 2.24) is 14.9 Å². The number of aromatic nitrogens is 2. The minimum absolute atomic E-state index is 0.138. The van der Waals surface area contributed by atoms with Gasteiger partial charge in [0.25, 0.3) is 0 Å². The van der Waals surface area contributed by atoms with Gasteiger partial charge in [-0.1, -0.05) is 0 Å². The number of piperazine rings is 1. The fraction of sp³-hybridized carbons (Fsp3) is 0.750. The molecule has 122 valence electrons. The van der Waals surface area contributed by atoms with Crippen molar-refractivity contribution in [3.8, 4) is 0 Å². The monoisotopic (exact) mass is 306 g/mol. The highest BCUT2D eigenvalue weighted by Gasteiger charge is 2.31. The van der Waals surface area contributed by atoms with E-state index in [4.69, 9.17) is 4.74 Å². The van der Waals surface area contributed by atoms with Crippen LogP contribution in [0.3, 0.4) is 0 Å². The van der Waals surface area contributed by atoms with E-state index in [0.717, 1.165) is 50.1 Å². The van der Waals surface area contributed by atoms with Crippen LogP contribution in [-0.2, 0) is 11.3 Å². The maximum absolute atomic E-state index is 10.1. The van der Waals surface area contributed by atoms with Gasteiger partial charge in [-0.05, 0) is 25.7 Å². The average molecular weight is 306 g/mol. The molecule has 0 aromatic carbocycles. The number of aliphatic hydroxyl groups is 1. The van der Waals surface area contributed by atoms with E-state index >= 15 is 0 Å². The molecule has 6 heteroatoms. The van der Waals surface area contributed by atoms with Crippen LogP contribution in [0, 0.1) is 12.8 Å². The van der Waals surface area contributed by atoms with Gasteiger partial charge in [-0.3, -0.25) is 4.90 Å². The molecule has 0 spiro atoms. The average Bonchev–Trinajstić information content (AvgIpc) is 3.32. The number of methoxy groups -OCH3 is 1. The molecule has 1 N–H and O–H groups in total. The molecular weight excluding hydrogens is 280 g/mol. The molecule has 0 radical (unpaired) electrons. The van der Waals surface area contributed by atoms with Crippen molar-refractivity contribution >= 4 is 5.82 Å². The lowest BCUT2D eigenvalue weighted by atomic mass is 10.2. The van der Waals surface area contributed by atoms with E-state index in [2.05, 4.69) is 19.8 Å².